The molecule has 8 nitrogen and oxygen atoms in total. The van der Waals surface area contributed by atoms with Crippen molar-refractivity contribution < 1.29 is 22.7 Å². The van der Waals surface area contributed by atoms with E-state index in [1.54, 1.807) is 49.6 Å². The van der Waals surface area contributed by atoms with E-state index >= 15 is 0 Å². The van der Waals surface area contributed by atoms with E-state index in [1.165, 1.54) is 35.2 Å². The maximum Gasteiger partial charge on any atom is 0.264 e. The van der Waals surface area contributed by atoms with Crippen LogP contribution >= 0.6 is 23.2 Å². The molecule has 3 rings (SSSR count). The van der Waals surface area contributed by atoms with E-state index in [0.717, 1.165) is 9.87 Å². The minimum absolute atomic E-state index is 0.0212. The number of carbonyl (C=O) groups excluding carboxylic acids is 2. The average molecular weight is 621 g/mol. The third-order valence-electron chi connectivity index (χ3n) is 6.69. The van der Waals surface area contributed by atoms with Crippen molar-refractivity contribution in [1.29, 1.82) is 0 Å². The van der Waals surface area contributed by atoms with Crippen molar-refractivity contribution in [3.05, 3.63) is 88.4 Å². The maximum atomic E-state index is 14.1. The number of rotatable bonds is 13. The topological polar surface area (TPSA) is 96.0 Å². The van der Waals surface area contributed by atoms with Gasteiger partial charge in [-0.3, -0.25) is 13.9 Å². The SMILES string of the molecule is CC[C@@H](C)NC(=O)[C@H](CC)N(Cc1ccc(OC)cc1)C(=O)CN(c1cc(Cl)ccc1Cl)S(=O)(=O)c1ccccc1. The van der Waals surface area contributed by atoms with E-state index < -0.39 is 28.5 Å². The van der Waals surface area contributed by atoms with Gasteiger partial charge in [0.15, 0.2) is 0 Å². The van der Waals surface area contributed by atoms with Crippen LogP contribution in [0.15, 0.2) is 77.7 Å². The van der Waals surface area contributed by atoms with Crippen molar-refractivity contribution in [1.82, 2.24) is 10.2 Å². The van der Waals surface area contributed by atoms with Gasteiger partial charge in [0.2, 0.25) is 11.8 Å². The number of nitrogens with zero attached hydrogens (tertiary/aromatic N) is 2. The molecule has 0 heterocycles. The summed E-state index contributed by atoms with van der Waals surface area (Å²) in [6.45, 7) is 5.10. The summed E-state index contributed by atoms with van der Waals surface area (Å²) in [4.78, 5) is 28.9. The highest BCUT2D eigenvalue weighted by Gasteiger charge is 2.34. The van der Waals surface area contributed by atoms with Crippen LogP contribution in [0.5, 0.6) is 5.75 Å². The minimum Gasteiger partial charge on any atom is -0.497 e. The molecule has 1 N–H and O–H groups in total. The van der Waals surface area contributed by atoms with E-state index in [2.05, 4.69) is 5.32 Å². The number of carbonyl (C=O) groups is 2. The molecule has 0 aliphatic heterocycles. The number of methoxy groups -OCH3 is 1. The minimum atomic E-state index is -4.25. The Hall–Kier alpha value is -3.27. The summed E-state index contributed by atoms with van der Waals surface area (Å²) in [5, 5.41) is 3.31. The summed E-state index contributed by atoms with van der Waals surface area (Å²) in [7, 11) is -2.70. The second-order valence-electron chi connectivity index (χ2n) is 9.53. The zero-order chi connectivity index (χ0) is 30.2. The molecule has 3 aromatic rings. The van der Waals surface area contributed by atoms with Crippen LogP contribution in [0.25, 0.3) is 0 Å². The van der Waals surface area contributed by atoms with Gasteiger partial charge in [-0.1, -0.05) is 67.4 Å². The lowest BCUT2D eigenvalue weighted by atomic mass is 10.1. The highest BCUT2D eigenvalue weighted by Crippen LogP contribution is 2.33. The Morgan fingerprint density at radius 3 is 2.20 bits per heavy atom. The summed E-state index contributed by atoms with van der Waals surface area (Å²) < 4.78 is 34.0. The second-order valence-corrected chi connectivity index (χ2v) is 12.2. The molecule has 3 aromatic carbocycles. The van der Waals surface area contributed by atoms with Crippen LogP contribution < -0.4 is 14.4 Å². The molecule has 2 atom stereocenters. The normalized spacial score (nSPS) is 12.7. The molecule has 11 heteroatoms. The number of ether oxygens (including phenoxy) is 1. The fourth-order valence-electron chi connectivity index (χ4n) is 4.20. The molecular weight excluding hydrogens is 585 g/mol. The number of hydrogen-bond donors (Lipinski definition) is 1. The van der Waals surface area contributed by atoms with Gasteiger partial charge in [0, 0.05) is 17.6 Å². The molecular formula is C30H35Cl2N3O5S. The van der Waals surface area contributed by atoms with Crippen molar-refractivity contribution >= 4 is 50.7 Å². The van der Waals surface area contributed by atoms with Crippen LogP contribution in [-0.2, 0) is 26.2 Å². The highest BCUT2D eigenvalue weighted by molar-refractivity contribution is 7.92. The Morgan fingerprint density at radius 2 is 1.61 bits per heavy atom. The molecule has 0 spiro atoms. The predicted molar refractivity (Wildman–Crippen MR) is 163 cm³/mol. The smallest absolute Gasteiger partial charge is 0.264 e. The fourth-order valence-corrected chi connectivity index (χ4v) is 6.08. The molecule has 41 heavy (non-hydrogen) atoms. The quantitative estimate of drug-likeness (QED) is 0.256. The number of amides is 2. The molecule has 0 bridgehead atoms. The van der Waals surface area contributed by atoms with Crippen LogP contribution in [0.1, 0.15) is 39.2 Å². The average Bonchev–Trinajstić information content (AvgIpc) is 2.97. The zero-order valence-electron chi connectivity index (χ0n) is 23.5. The maximum absolute atomic E-state index is 14.1. The lowest BCUT2D eigenvalue weighted by Gasteiger charge is -2.34. The zero-order valence-corrected chi connectivity index (χ0v) is 25.8. The molecule has 0 aromatic heterocycles. The van der Waals surface area contributed by atoms with Gasteiger partial charge < -0.3 is 15.0 Å². The molecule has 0 aliphatic carbocycles. The van der Waals surface area contributed by atoms with Gasteiger partial charge in [0.1, 0.15) is 18.3 Å². The number of hydrogen-bond acceptors (Lipinski definition) is 5. The van der Waals surface area contributed by atoms with Crippen LogP contribution in [-0.4, -0.2) is 50.9 Å². The van der Waals surface area contributed by atoms with E-state index in [9.17, 15) is 18.0 Å². The summed E-state index contributed by atoms with van der Waals surface area (Å²) in [6.07, 6.45) is 1.03. The van der Waals surface area contributed by atoms with Gasteiger partial charge in [0.25, 0.3) is 10.0 Å². The van der Waals surface area contributed by atoms with Crippen molar-refractivity contribution in [2.75, 3.05) is 18.0 Å². The molecule has 0 aliphatic rings. The lowest BCUT2D eigenvalue weighted by Crippen LogP contribution is -2.53. The van der Waals surface area contributed by atoms with Gasteiger partial charge in [-0.2, -0.15) is 0 Å². The van der Waals surface area contributed by atoms with Crippen LogP contribution in [0, 0.1) is 0 Å². The van der Waals surface area contributed by atoms with E-state index in [1.807, 2.05) is 20.8 Å². The molecule has 0 fully saturated rings. The van der Waals surface area contributed by atoms with Crippen LogP contribution in [0.4, 0.5) is 5.69 Å². The number of halogens is 2. The van der Waals surface area contributed by atoms with Gasteiger partial charge >= 0.3 is 0 Å². The number of sulfonamides is 1. The summed E-state index contributed by atoms with van der Waals surface area (Å²) in [5.74, 6) is -0.256. The molecule has 220 valence electrons. The van der Waals surface area contributed by atoms with Crippen molar-refractivity contribution in [2.45, 2.75) is 57.1 Å². The third kappa shape index (κ3) is 8.15. The molecule has 0 radical (unpaired) electrons. The molecule has 0 saturated heterocycles. The molecule has 0 unspecified atom stereocenters. The predicted octanol–water partition coefficient (Wildman–Crippen LogP) is 5.92. The highest BCUT2D eigenvalue weighted by atomic mass is 35.5. The molecule has 2 amide bonds. The second kappa shape index (κ2) is 14.6. The summed E-state index contributed by atoms with van der Waals surface area (Å²) in [6, 6.07) is 18.3. The van der Waals surface area contributed by atoms with E-state index in [4.69, 9.17) is 27.9 Å². The Labute approximate surface area is 252 Å². The van der Waals surface area contributed by atoms with E-state index in [-0.39, 0.29) is 39.1 Å². The Balaban J connectivity index is 2.08. The largest absolute Gasteiger partial charge is 0.497 e. The summed E-state index contributed by atoms with van der Waals surface area (Å²) in [5.41, 5.74) is 0.796. The first-order valence-electron chi connectivity index (χ1n) is 13.3. The summed E-state index contributed by atoms with van der Waals surface area (Å²) >= 11 is 12.7. The standard InChI is InChI=1S/C30H35Cl2N3O5S/c1-5-21(3)33-30(37)27(6-2)34(19-22-12-15-24(40-4)16-13-22)29(36)20-35(28-18-23(31)14-17-26(28)32)41(38,39)25-10-8-7-9-11-25/h7-18,21,27H,5-6,19-20H2,1-4H3,(H,33,37)/t21-,27+/m1/s1. The van der Waals surface area contributed by atoms with Crippen molar-refractivity contribution in [2.24, 2.45) is 0 Å². The number of nitrogens with one attached hydrogen (secondary N) is 1. The van der Waals surface area contributed by atoms with E-state index in [0.29, 0.717) is 18.6 Å². The lowest BCUT2D eigenvalue weighted by molar-refractivity contribution is -0.140. The third-order valence-corrected chi connectivity index (χ3v) is 9.01. The van der Waals surface area contributed by atoms with Crippen LogP contribution in [0.3, 0.4) is 0 Å². The monoisotopic (exact) mass is 619 g/mol. The van der Waals surface area contributed by atoms with Gasteiger partial charge in [-0.15, -0.1) is 0 Å². The first-order chi connectivity index (χ1) is 19.5. The van der Waals surface area contributed by atoms with Gasteiger partial charge in [-0.05, 0) is 67.8 Å². The Morgan fingerprint density at radius 1 is 0.951 bits per heavy atom. The number of benzene rings is 3. The van der Waals surface area contributed by atoms with Crippen LogP contribution in [0.2, 0.25) is 10.0 Å². The number of anilines is 1. The van der Waals surface area contributed by atoms with Gasteiger partial charge in [0.05, 0.1) is 22.7 Å². The van der Waals surface area contributed by atoms with Crippen molar-refractivity contribution in [3.8, 4) is 5.75 Å². The molecule has 0 saturated carbocycles. The van der Waals surface area contributed by atoms with Gasteiger partial charge in [-0.25, -0.2) is 8.42 Å². The van der Waals surface area contributed by atoms with Crippen molar-refractivity contribution in [3.63, 3.8) is 0 Å². The fraction of sp³-hybridized carbons (Fsp3) is 0.333. The Bertz CT molecular complexity index is 1440. The first-order valence-corrected chi connectivity index (χ1v) is 15.5. The first kappa shape index (κ1) is 32.2. The Kier molecular flexibility index (Phi) is 11.5.